The van der Waals surface area contributed by atoms with Crippen molar-refractivity contribution >= 4 is 17.0 Å². The first kappa shape index (κ1) is 12.1. The van der Waals surface area contributed by atoms with Gasteiger partial charge in [0.25, 0.3) is 0 Å². The van der Waals surface area contributed by atoms with Gasteiger partial charge in [0.1, 0.15) is 0 Å². The Hall–Kier alpha value is -1.02. The van der Waals surface area contributed by atoms with Crippen LogP contribution in [0.1, 0.15) is 31.9 Å². The maximum atomic E-state index is 10.5. The van der Waals surface area contributed by atoms with Crippen LogP contribution >= 0.6 is 11.6 Å². The molecule has 0 heterocycles. The molecule has 82 valence electrons. The summed E-state index contributed by atoms with van der Waals surface area (Å²) < 4.78 is 0. The second kappa shape index (κ2) is 4.67. The summed E-state index contributed by atoms with van der Waals surface area (Å²) in [6, 6.07) is 8.17. The van der Waals surface area contributed by atoms with E-state index in [1.165, 1.54) is 5.56 Å². The van der Waals surface area contributed by atoms with Crippen molar-refractivity contribution < 1.29 is 4.79 Å². The fourth-order valence-corrected chi connectivity index (χ4v) is 1.36. The highest BCUT2D eigenvalue weighted by atomic mass is 35.5. The van der Waals surface area contributed by atoms with Crippen molar-refractivity contribution in [2.45, 2.75) is 32.7 Å². The molecule has 1 aromatic carbocycles. The molecule has 0 aromatic heterocycles. The van der Waals surface area contributed by atoms with Crippen molar-refractivity contribution in [2.24, 2.45) is 0 Å². The Labute approximate surface area is 95.6 Å². The standard InChI is InChI=1S/C12H16ClNO/c1-12(2,3)10-6-4-9(5-7-10)8-14-11(13)15/h4-7H,8H2,1-3H3,(H,14,15). The third-order valence-corrected chi connectivity index (χ3v) is 2.39. The molecule has 15 heavy (non-hydrogen) atoms. The highest BCUT2D eigenvalue weighted by molar-refractivity contribution is 6.62. The van der Waals surface area contributed by atoms with Gasteiger partial charge in [-0.3, -0.25) is 4.79 Å². The highest BCUT2D eigenvalue weighted by Crippen LogP contribution is 2.22. The fourth-order valence-electron chi connectivity index (χ4n) is 1.29. The molecular formula is C12H16ClNO. The molecule has 2 nitrogen and oxygen atoms in total. The summed E-state index contributed by atoms with van der Waals surface area (Å²) in [4.78, 5) is 10.5. The smallest absolute Gasteiger partial charge is 0.314 e. The maximum Gasteiger partial charge on any atom is 0.314 e. The molecular weight excluding hydrogens is 210 g/mol. The van der Waals surface area contributed by atoms with E-state index in [0.29, 0.717) is 6.54 Å². The topological polar surface area (TPSA) is 29.1 Å². The lowest BCUT2D eigenvalue weighted by molar-refractivity contribution is 0.259. The minimum atomic E-state index is -0.519. The van der Waals surface area contributed by atoms with E-state index in [1.807, 2.05) is 12.1 Å². The molecule has 0 saturated heterocycles. The summed E-state index contributed by atoms with van der Waals surface area (Å²) in [7, 11) is 0. The summed E-state index contributed by atoms with van der Waals surface area (Å²) in [6.07, 6.45) is 0. The average molecular weight is 226 g/mol. The van der Waals surface area contributed by atoms with E-state index in [1.54, 1.807) is 0 Å². The number of hydrogen-bond donors (Lipinski definition) is 1. The Bertz CT molecular complexity index is 338. The van der Waals surface area contributed by atoms with Crippen LogP contribution < -0.4 is 5.32 Å². The first-order chi connectivity index (χ1) is 6.89. The molecule has 0 spiro atoms. The van der Waals surface area contributed by atoms with Gasteiger partial charge in [0.2, 0.25) is 0 Å². The van der Waals surface area contributed by atoms with Crippen LogP contribution in [-0.4, -0.2) is 5.37 Å². The van der Waals surface area contributed by atoms with Crippen LogP contribution in [0.25, 0.3) is 0 Å². The minimum absolute atomic E-state index is 0.161. The first-order valence-corrected chi connectivity index (χ1v) is 5.30. The van der Waals surface area contributed by atoms with Crippen molar-refractivity contribution in [3.8, 4) is 0 Å². The van der Waals surface area contributed by atoms with Crippen molar-refractivity contribution in [3.05, 3.63) is 35.4 Å². The molecule has 1 N–H and O–H groups in total. The van der Waals surface area contributed by atoms with Crippen molar-refractivity contribution in [2.75, 3.05) is 0 Å². The van der Waals surface area contributed by atoms with Crippen LogP contribution in [-0.2, 0) is 12.0 Å². The molecule has 0 bridgehead atoms. The van der Waals surface area contributed by atoms with Crippen LogP contribution in [0.5, 0.6) is 0 Å². The number of halogens is 1. The van der Waals surface area contributed by atoms with Gasteiger partial charge < -0.3 is 5.32 Å². The van der Waals surface area contributed by atoms with E-state index in [2.05, 4.69) is 38.2 Å². The molecule has 1 aromatic rings. The Kier molecular flexibility index (Phi) is 3.75. The van der Waals surface area contributed by atoms with Gasteiger partial charge in [-0.15, -0.1) is 0 Å². The molecule has 0 atom stereocenters. The van der Waals surface area contributed by atoms with E-state index in [9.17, 15) is 4.79 Å². The third-order valence-electron chi connectivity index (χ3n) is 2.25. The summed E-state index contributed by atoms with van der Waals surface area (Å²) in [6.45, 7) is 6.99. The Morgan fingerprint density at radius 3 is 2.20 bits per heavy atom. The summed E-state index contributed by atoms with van der Waals surface area (Å²) >= 11 is 5.18. The van der Waals surface area contributed by atoms with Crippen LogP contribution in [0, 0.1) is 0 Å². The van der Waals surface area contributed by atoms with Gasteiger partial charge >= 0.3 is 5.37 Å². The normalized spacial score (nSPS) is 11.2. The van der Waals surface area contributed by atoms with Gasteiger partial charge in [-0.1, -0.05) is 45.0 Å². The van der Waals surface area contributed by atoms with E-state index < -0.39 is 5.37 Å². The zero-order chi connectivity index (χ0) is 11.5. The second-order valence-electron chi connectivity index (χ2n) is 4.57. The monoisotopic (exact) mass is 225 g/mol. The molecule has 0 aliphatic carbocycles. The van der Waals surface area contributed by atoms with Crippen LogP contribution in [0.3, 0.4) is 0 Å². The first-order valence-electron chi connectivity index (χ1n) is 4.92. The highest BCUT2D eigenvalue weighted by Gasteiger charge is 2.12. The van der Waals surface area contributed by atoms with Gasteiger partial charge in [0.05, 0.1) is 0 Å². The quantitative estimate of drug-likeness (QED) is 0.607. The van der Waals surface area contributed by atoms with Gasteiger partial charge in [-0.25, -0.2) is 0 Å². The van der Waals surface area contributed by atoms with Gasteiger partial charge in [0, 0.05) is 6.54 Å². The van der Waals surface area contributed by atoms with Crippen molar-refractivity contribution in [1.29, 1.82) is 0 Å². The number of nitrogens with one attached hydrogen (secondary N) is 1. The SMILES string of the molecule is CC(C)(C)c1ccc(CNC(=O)Cl)cc1. The van der Waals surface area contributed by atoms with E-state index in [0.717, 1.165) is 5.56 Å². The number of amides is 1. The molecule has 1 rings (SSSR count). The Morgan fingerprint density at radius 2 is 1.80 bits per heavy atom. The average Bonchev–Trinajstić information content (AvgIpc) is 2.14. The van der Waals surface area contributed by atoms with Crippen LogP contribution in [0.4, 0.5) is 4.79 Å². The predicted octanol–water partition coefficient (Wildman–Crippen LogP) is 3.43. The molecule has 0 saturated carbocycles. The molecule has 0 radical (unpaired) electrons. The molecule has 0 aliphatic heterocycles. The number of benzene rings is 1. The number of hydrogen-bond acceptors (Lipinski definition) is 1. The molecule has 1 amide bonds. The van der Waals surface area contributed by atoms with E-state index in [-0.39, 0.29) is 5.41 Å². The maximum absolute atomic E-state index is 10.5. The number of carbonyl (C=O) groups excluding carboxylic acids is 1. The predicted molar refractivity (Wildman–Crippen MR) is 63.2 cm³/mol. The van der Waals surface area contributed by atoms with Crippen LogP contribution in [0.15, 0.2) is 24.3 Å². The zero-order valence-electron chi connectivity index (χ0n) is 9.30. The Morgan fingerprint density at radius 1 is 1.27 bits per heavy atom. The Balaban J connectivity index is 2.69. The van der Waals surface area contributed by atoms with Gasteiger partial charge in [-0.05, 0) is 28.1 Å². The summed E-state index contributed by atoms with van der Waals surface area (Å²) in [5, 5.41) is 2.03. The van der Waals surface area contributed by atoms with Gasteiger partial charge in [0.15, 0.2) is 0 Å². The lowest BCUT2D eigenvalue weighted by atomic mass is 9.87. The summed E-state index contributed by atoms with van der Waals surface area (Å²) in [5.74, 6) is 0. The van der Waals surface area contributed by atoms with E-state index >= 15 is 0 Å². The molecule has 3 heteroatoms. The molecule has 0 aliphatic rings. The number of carbonyl (C=O) groups is 1. The van der Waals surface area contributed by atoms with Crippen molar-refractivity contribution in [3.63, 3.8) is 0 Å². The zero-order valence-corrected chi connectivity index (χ0v) is 10.1. The van der Waals surface area contributed by atoms with E-state index in [4.69, 9.17) is 11.6 Å². The summed E-state index contributed by atoms with van der Waals surface area (Å²) in [5.41, 5.74) is 2.49. The van der Waals surface area contributed by atoms with Gasteiger partial charge in [-0.2, -0.15) is 0 Å². The third kappa shape index (κ3) is 3.92. The van der Waals surface area contributed by atoms with Crippen LogP contribution in [0.2, 0.25) is 0 Å². The molecule has 0 unspecified atom stereocenters. The molecule has 0 fully saturated rings. The lowest BCUT2D eigenvalue weighted by Crippen LogP contribution is -2.16. The second-order valence-corrected chi connectivity index (χ2v) is 4.92. The number of rotatable bonds is 2. The fraction of sp³-hybridized carbons (Fsp3) is 0.417. The largest absolute Gasteiger partial charge is 0.339 e. The van der Waals surface area contributed by atoms with Crippen molar-refractivity contribution in [1.82, 2.24) is 5.32 Å². The minimum Gasteiger partial charge on any atom is -0.339 e. The lowest BCUT2D eigenvalue weighted by Gasteiger charge is -2.19.